The SMILES string of the molecule is CCN(C=Nc1nc(C)c(C(=O)/C=C/N(C)C)s1)CC. The van der Waals surface area contributed by atoms with Crippen molar-refractivity contribution in [3.05, 3.63) is 22.8 Å². The molecular weight excluding hydrogens is 272 g/mol. The summed E-state index contributed by atoms with van der Waals surface area (Å²) in [5.41, 5.74) is 0.732. The first kappa shape index (κ1) is 16.4. The van der Waals surface area contributed by atoms with Gasteiger partial charge in [0.15, 0.2) is 5.78 Å². The van der Waals surface area contributed by atoms with Crippen molar-refractivity contribution in [1.82, 2.24) is 14.8 Å². The number of hydrogen-bond acceptors (Lipinski definition) is 5. The Hall–Kier alpha value is -1.69. The summed E-state index contributed by atoms with van der Waals surface area (Å²) < 4.78 is 0. The van der Waals surface area contributed by atoms with Crippen molar-refractivity contribution in [3.63, 3.8) is 0 Å². The van der Waals surface area contributed by atoms with Crippen LogP contribution in [0.1, 0.15) is 29.2 Å². The predicted octanol–water partition coefficient (Wildman–Crippen LogP) is 2.71. The van der Waals surface area contributed by atoms with Gasteiger partial charge in [0.25, 0.3) is 0 Å². The summed E-state index contributed by atoms with van der Waals surface area (Å²) >= 11 is 1.33. The lowest BCUT2D eigenvalue weighted by atomic mass is 10.3. The lowest BCUT2D eigenvalue weighted by Gasteiger charge is -2.12. The van der Waals surface area contributed by atoms with Crippen LogP contribution >= 0.6 is 11.3 Å². The Morgan fingerprint density at radius 3 is 2.55 bits per heavy atom. The fraction of sp³-hybridized carbons (Fsp3) is 0.500. The standard InChI is InChI=1S/C14H22N4OS/c1-6-18(7-2)10-15-14-16-11(3)13(20-14)12(19)8-9-17(4)5/h8-10H,6-7H2,1-5H3/b9-8+,15-10?. The molecule has 0 fully saturated rings. The summed E-state index contributed by atoms with van der Waals surface area (Å²) in [5, 5.41) is 0.621. The van der Waals surface area contributed by atoms with E-state index in [1.165, 1.54) is 11.3 Å². The topological polar surface area (TPSA) is 48.8 Å². The maximum Gasteiger partial charge on any atom is 0.211 e. The summed E-state index contributed by atoms with van der Waals surface area (Å²) in [6.45, 7) is 7.79. The highest BCUT2D eigenvalue weighted by Gasteiger charge is 2.12. The molecule has 0 unspecified atom stereocenters. The average Bonchev–Trinajstić information content (AvgIpc) is 2.78. The zero-order chi connectivity index (χ0) is 15.1. The van der Waals surface area contributed by atoms with Crippen LogP contribution < -0.4 is 0 Å². The zero-order valence-electron chi connectivity index (χ0n) is 12.8. The van der Waals surface area contributed by atoms with E-state index < -0.39 is 0 Å². The molecule has 1 aromatic heterocycles. The van der Waals surface area contributed by atoms with E-state index in [1.807, 2.05) is 25.9 Å². The molecule has 0 radical (unpaired) electrons. The number of allylic oxidation sites excluding steroid dienone is 1. The molecule has 0 atom stereocenters. The molecule has 0 bridgehead atoms. The van der Waals surface area contributed by atoms with E-state index in [0.717, 1.165) is 18.8 Å². The second kappa shape index (κ2) is 7.79. The van der Waals surface area contributed by atoms with Gasteiger partial charge < -0.3 is 9.80 Å². The normalized spacial score (nSPS) is 11.4. The van der Waals surface area contributed by atoms with Gasteiger partial charge in [-0.1, -0.05) is 11.3 Å². The third-order valence-electron chi connectivity index (χ3n) is 2.68. The first-order chi connectivity index (χ1) is 9.47. The van der Waals surface area contributed by atoms with E-state index in [9.17, 15) is 4.79 Å². The van der Waals surface area contributed by atoms with Crippen LogP contribution in [0.2, 0.25) is 0 Å². The molecule has 5 nitrogen and oxygen atoms in total. The van der Waals surface area contributed by atoms with Gasteiger partial charge in [-0.05, 0) is 20.8 Å². The van der Waals surface area contributed by atoms with Gasteiger partial charge >= 0.3 is 0 Å². The van der Waals surface area contributed by atoms with Gasteiger partial charge in [-0.2, -0.15) is 0 Å². The molecule has 0 aliphatic carbocycles. The quantitative estimate of drug-likeness (QED) is 0.336. The van der Waals surface area contributed by atoms with Crippen LogP contribution in [0.5, 0.6) is 0 Å². The molecule has 110 valence electrons. The molecule has 0 N–H and O–H groups in total. The van der Waals surface area contributed by atoms with Gasteiger partial charge in [0.05, 0.1) is 16.9 Å². The highest BCUT2D eigenvalue weighted by molar-refractivity contribution is 7.17. The number of ketones is 1. The highest BCUT2D eigenvalue weighted by atomic mass is 32.1. The van der Waals surface area contributed by atoms with Crippen molar-refractivity contribution >= 4 is 28.6 Å². The number of carbonyl (C=O) groups excluding carboxylic acids is 1. The molecule has 20 heavy (non-hydrogen) atoms. The Morgan fingerprint density at radius 1 is 1.35 bits per heavy atom. The van der Waals surface area contributed by atoms with Crippen molar-refractivity contribution in [2.45, 2.75) is 20.8 Å². The van der Waals surface area contributed by atoms with Crippen LogP contribution in [0.25, 0.3) is 0 Å². The first-order valence-corrected chi connectivity index (χ1v) is 7.44. The van der Waals surface area contributed by atoms with E-state index >= 15 is 0 Å². The number of aryl methyl sites for hydroxylation is 1. The molecule has 1 rings (SSSR count). The number of carbonyl (C=O) groups is 1. The van der Waals surface area contributed by atoms with Crippen LogP contribution in [0.15, 0.2) is 17.3 Å². The molecule has 0 amide bonds. The van der Waals surface area contributed by atoms with Gasteiger partial charge in [0.1, 0.15) is 0 Å². The van der Waals surface area contributed by atoms with Crippen molar-refractivity contribution in [2.75, 3.05) is 27.2 Å². The molecule has 0 spiro atoms. The monoisotopic (exact) mass is 294 g/mol. The van der Waals surface area contributed by atoms with Crippen LogP contribution in [-0.2, 0) is 0 Å². The van der Waals surface area contributed by atoms with E-state index in [4.69, 9.17) is 0 Å². The van der Waals surface area contributed by atoms with Crippen LogP contribution in [0.3, 0.4) is 0 Å². The lowest BCUT2D eigenvalue weighted by Crippen LogP contribution is -2.20. The average molecular weight is 294 g/mol. The number of nitrogens with zero attached hydrogens (tertiary/aromatic N) is 4. The Balaban J connectivity index is 2.85. The number of hydrogen-bond donors (Lipinski definition) is 0. The van der Waals surface area contributed by atoms with Gasteiger partial charge in [-0.3, -0.25) is 4.79 Å². The Kier molecular flexibility index (Phi) is 6.38. The summed E-state index contributed by atoms with van der Waals surface area (Å²) in [6, 6.07) is 0. The van der Waals surface area contributed by atoms with E-state index in [-0.39, 0.29) is 5.78 Å². The molecule has 0 aliphatic rings. The van der Waals surface area contributed by atoms with E-state index in [1.54, 1.807) is 18.6 Å². The summed E-state index contributed by atoms with van der Waals surface area (Å²) in [7, 11) is 3.76. The molecule has 0 aromatic carbocycles. The number of rotatable bonds is 7. The Labute approximate surface area is 124 Å². The minimum atomic E-state index is -0.0296. The second-order valence-electron chi connectivity index (χ2n) is 4.52. The summed E-state index contributed by atoms with van der Waals surface area (Å²) in [6.07, 6.45) is 5.07. The van der Waals surface area contributed by atoms with Crippen molar-refractivity contribution in [3.8, 4) is 0 Å². The smallest absolute Gasteiger partial charge is 0.211 e. The Morgan fingerprint density at radius 2 is 2.00 bits per heavy atom. The van der Waals surface area contributed by atoms with Gasteiger partial charge in [-0.15, -0.1) is 0 Å². The van der Waals surface area contributed by atoms with Gasteiger partial charge in [-0.25, -0.2) is 9.98 Å². The van der Waals surface area contributed by atoms with Crippen LogP contribution in [0, 0.1) is 6.92 Å². The number of aliphatic imine (C=N–C) groups is 1. The third kappa shape index (κ3) is 4.77. The molecule has 0 saturated carbocycles. The van der Waals surface area contributed by atoms with Crippen LogP contribution in [-0.4, -0.2) is 54.1 Å². The summed E-state index contributed by atoms with van der Waals surface area (Å²) in [5.74, 6) is -0.0296. The Bertz CT molecular complexity index is 501. The summed E-state index contributed by atoms with van der Waals surface area (Å²) in [4.78, 5) is 25.2. The molecule has 0 aliphatic heterocycles. The van der Waals surface area contributed by atoms with Crippen molar-refractivity contribution in [1.29, 1.82) is 0 Å². The van der Waals surface area contributed by atoms with Crippen molar-refractivity contribution in [2.24, 2.45) is 4.99 Å². The first-order valence-electron chi connectivity index (χ1n) is 6.62. The fourth-order valence-corrected chi connectivity index (χ4v) is 2.30. The van der Waals surface area contributed by atoms with Crippen molar-refractivity contribution < 1.29 is 4.79 Å². The number of aromatic nitrogens is 1. The molecule has 1 aromatic rings. The molecule has 1 heterocycles. The van der Waals surface area contributed by atoms with E-state index in [0.29, 0.717) is 10.0 Å². The predicted molar refractivity (Wildman–Crippen MR) is 85.1 cm³/mol. The molecular formula is C14H22N4OS. The lowest BCUT2D eigenvalue weighted by molar-refractivity contribution is 0.104. The third-order valence-corrected chi connectivity index (χ3v) is 3.76. The molecule has 0 saturated heterocycles. The maximum absolute atomic E-state index is 12.0. The fourth-order valence-electron chi connectivity index (χ4n) is 1.48. The van der Waals surface area contributed by atoms with Gasteiger partial charge in [0, 0.05) is 39.5 Å². The largest absolute Gasteiger partial charge is 0.383 e. The second-order valence-corrected chi connectivity index (χ2v) is 5.50. The molecule has 6 heteroatoms. The highest BCUT2D eigenvalue weighted by Crippen LogP contribution is 2.25. The van der Waals surface area contributed by atoms with Crippen LogP contribution in [0.4, 0.5) is 5.13 Å². The minimum absolute atomic E-state index is 0.0296. The maximum atomic E-state index is 12.0. The zero-order valence-corrected chi connectivity index (χ0v) is 13.6. The van der Waals surface area contributed by atoms with Gasteiger partial charge in [0.2, 0.25) is 5.13 Å². The number of thiazole rings is 1. The van der Waals surface area contributed by atoms with E-state index in [2.05, 4.69) is 28.7 Å². The minimum Gasteiger partial charge on any atom is -0.383 e.